The van der Waals surface area contributed by atoms with E-state index in [9.17, 15) is 19.2 Å². The Bertz CT molecular complexity index is 1350. The minimum atomic E-state index is -0.907. The van der Waals surface area contributed by atoms with Crippen molar-refractivity contribution in [1.29, 1.82) is 0 Å². The third-order valence-corrected chi connectivity index (χ3v) is 5.90. The number of esters is 2. The second-order valence-electron chi connectivity index (χ2n) is 8.28. The molecule has 2 aromatic carbocycles. The number of nitrogens with zero attached hydrogens (tertiary/aromatic N) is 1. The average Bonchev–Trinajstić information content (AvgIpc) is 3.22. The first-order valence-electron chi connectivity index (χ1n) is 10.9. The van der Waals surface area contributed by atoms with Crippen LogP contribution in [0.3, 0.4) is 0 Å². The van der Waals surface area contributed by atoms with E-state index >= 15 is 0 Å². The molecule has 4 rings (SSSR count). The molecule has 1 saturated heterocycles. The molecular weight excluding hydrogens is 476 g/mol. The van der Waals surface area contributed by atoms with Crippen LogP contribution in [0.2, 0.25) is 5.02 Å². The summed E-state index contributed by atoms with van der Waals surface area (Å²) in [7, 11) is 0. The Morgan fingerprint density at radius 3 is 2.17 bits per heavy atom. The van der Waals surface area contributed by atoms with Gasteiger partial charge in [0.15, 0.2) is 0 Å². The Labute approximate surface area is 205 Å². The minimum Gasteiger partial charge on any atom is -0.459 e. The standard InChI is InChI=1S/C25H23ClN2O7/c1-14-3-7-16(8-4-14)23(30)33-13-20-19(35-24(31)17-9-5-15(2)6-10-17)11-21(34-20)28-12-18(26)22(29)27-25(28)32/h3-10,12,19-21H,11,13H2,1-2H3,(H,27,29,32)/t19-,20+,21-/m0/s1. The molecule has 0 aliphatic carbocycles. The number of aromatic amines is 1. The molecule has 0 bridgehead atoms. The monoisotopic (exact) mass is 498 g/mol. The second-order valence-corrected chi connectivity index (χ2v) is 8.69. The number of hydrogen-bond donors (Lipinski definition) is 1. The van der Waals surface area contributed by atoms with Crippen LogP contribution in [-0.4, -0.2) is 40.3 Å². The van der Waals surface area contributed by atoms with Gasteiger partial charge in [-0.2, -0.15) is 0 Å². The van der Waals surface area contributed by atoms with Crippen molar-refractivity contribution in [2.75, 3.05) is 6.61 Å². The van der Waals surface area contributed by atoms with Gasteiger partial charge < -0.3 is 14.2 Å². The van der Waals surface area contributed by atoms with E-state index in [1.807, 2.05) is 13.8 Å². The highest BCUT2D eigenvalue weighted by Gasteiger charge is 2.40. The maximum Gasteiger partial charge on any atom is 0.338 e. The van der Waals surface area contributed by atoms with E-state index < -0.39 is 41.6 Å². The maximum atomic E-state index is 12.7. The number of halogens is 1. The molecule has 0 amide bonds. The minimum absolute atomic E-state index is 0.0760. The smallest absolute Gasteiger partial charge is 0.338 e. The molecular formula is C25H23ClN2O7. The van der Waals surface area contributed by atoms with Crippen LogP contribution >= 0.6 is 11.6 Å². The lowest BCUT2D eigenvalue weighted by atomic mass is 10.1. The van der Waals surface area contributed by atoms with Crippen LogP contribution in [0.4, 0.5) is 0 Å². The molecule has 1 N–H and O–H groups in total. The Hall–Kier alpha value is -3.69. The highest BCUT2D eigenvalue weighted by Crippen LogP contribution is 2.31. The fraction of sp³-hybridized carbons (Fsp3) is 0.280. The molecule has 1 aliphatic rings. The van der Waals surface area contributed by atoms with Crippen molar-refractivity contribution in [3.8, 4) is 0 Å². The van der Waals surface area contributed by atoms with Gasteiger partial charge in [-0.25, -0.2) is 14.4 Å². The number of hydrogen-bond acceptors (Lipinski definition) is 7. The molecule has 3 aromatic rings. The molecule has 1 fully saturated rings. The van der Waals surface area contributed by atoms with Crippen LogP contribution in [0.5, 0.6) is 0 Å². The largest absolute Gasteiger partial charge is 0.459 e. The predicted octanol–water partition coefficient (Wildman–Crippen LogP) is 3.18. The van der Waals surface area contributed by atoms with Crippen molar-refractivity contribution >= 4 is 23.5 Å². The molecule has 0 saturated carbocycles. The predicted molar refractivity (Wildman–Crippen MR) is 127 cm³/mol. The van der Waals surface area contributed by atoms with Crippen LogP contribution in [0.1, 0.15) is 44.5 Å². The third-order valence-electron chi connectivity index (χ3n) is 5.63. The fourth-order valence-corrected chi connectivity index (χ4v) is 3.80. The number of nitrogens with one attached hydrogen (secondary N) is 1. The highest BCUT2D eigenvalue weighted by atomic mass is 35.5. The van der Waals surface area contributed by atoms with E-state index in [0.29, 0.717) is 11.1 Å². The van der Waals surface area contributed by atoms with Gasteiger partial charge in [0.2, 0.25) is 0 Å². The van der Waals surface area contributed by atoms with Crippen molar-refractivity contribution < 1.29 is 23.8 Å². The molecule has 0 spiro atoms. The summed E-state index contributed by atoms with van der Waals surface area (Å²) in [5.74, 6) is -1.15. The molecule has 10 heteroatoms. The molecule has 0 unspecified atom stereocenters. The molecule has 0 radical (unpaired) electrons. The summed E-state index contributed by atoms with van der Waals surface area (Å²) in [4.78, 5) is 51.3. The van der Waals surface area contributed by atoms with E-state index in [1.54, 1.807) is 48.5 Å². The van der Waals surface area contributed by atoms with Gasteiger partial charge in [-0.05, 0) is 38.1 Å². The molecule has 35 heavy (non-hydrogen) atoms. The zero-order valence-electron chi connectivity index (χ0n) is 19.0. The third kappa shape index (κ3) is 5.70. The summed E-state index contributed by atoms with van der Waals surface area (Å²) in [6, 6.07) is 13.7. The number of rotatable bonds is 6. The van der Waals surface area contributed by atoms with Gasteiger partial charge in [-0.1, -0.05) is 47.0 Å². The SMILES string of the molecule is Cc1ccc(C(=O)OC[C@H]2O[C@H](n3cc(Cl)c(=O)[nH]c3=O)C[C@@H]2OC(=O)c2ccc(C)cc2)cc1. The quantitative estimate of drug-likeness (QED) is 0.519. The molecule has 1 aliphatic heterocycles. The Morgan fingerprint density at radius 2 is 1.57 bits per heavy atom. The highest BCUT2D eigenvalue weighted by molar-refractivity contribution is 6.30. The first kappa shape index (κ1) is 24.4. The molecule has 3 atom stereocenters. The van der Waals surface area contributed by atoms with Crippen molar-refractivity contribution in [2.45, 2.75) is 38.7 Å². The topological polar surface area (TPSA) is 117 Å². The summed E-state index contributed by atoms with van der Waals surface area (Å²) in [5, 5.41) is -0.198. The van der Waals surface area contributed by atoms with Crippen molar-refractivity contribution in [2.24, 2.45) is 0 Å². The van der Waals surface area contributed by atoms with Crippen LogP contribution in [0.25, 0.3) is 0 Å². The first-order valence-corrected chi connectivity index (χ1v) is 11.3. The van der Waals surface area contributed by atoms with E-state index in [1.165, 1.54) is 0 Å². The van der Waals surface area contributed by atoms with Crippen LogP contribution in [0.15, 0.2) is 64.3 Å². The summed E-state index contributed by atoms with van der Waals surface area (Å²) in [6.07, 6.45) is -1.37. The van der Waals surface area contributed by atoms with Gasteiger partial charge in [0, 0.05) is 12.6 Å². The Kier molecular flexibility index (Phi) is 7.18. The van der Waals surface area contributed by atoms with Gasteiger partial charge in [-0.15, -0.1) is 0 Å². The number of aryl methyl sites for hydroxylation is 2. The lowest BCUT2D eigenvalue weighted by Gasteiger charge is -2.19. The lowest BCUT2D eigenvalue weighted by molar-refractivity contribution is -0.0582. The number of benzene rings is 2. The van der Waals surface area contributed by atoms with E-state index in [2.05, 4.69) is 4.98 Å². The molecule has 2 heterocycles. The first-order chi connectivity index (χ1) is 16.7. The van der Waals surface area contributed by atoms with Gasteiger partial charge in [0.1, 0.15) is 30.1 Å². The maximum absolute atomic E-state index is 12.7. The zero-order chi connectivity index (χ0) is 25.1. The van der Waals surface area contributed by atoms with Gasteiger partial charge in [0.25, 0.3) is 5.56 Å². The molecule has 1 aromatic heterocycles. The average molecular weight is 499 g/mol. The van der Waals surface area contributed by atoms with E-state index in [0.717, 1.165) is 21.9 Å². The van der Waals surface area contributed by atoms with Crippen molar-refractivity contribution in [3.63, 3.8) is 0 Å². The fourth-order valence-electron chi connectivity index (χ4n) is 3.65. The number of carbonyl (C=O) groups excluding carboxylic acids is 2. The molecule has 182 valence electrons. The molecule has 9 nitrogen and oxygen atoms in total. The number of H-pyrrole nitrogens is 1. The lowest BCUT2D eigenvalue weighted by Crippen LogP contribution is -2.33. The number of ether oxygens (including phenoxy) is 3. The Morgan fingerprint density at radius 1 is 1.00 bits per heavy atom. The van der Waals surface area contributed by atoms with Gasteiger partial charge >= 0.3 is 17.6 Å². The summed E-state index contributed by atoms with van der Waals surface area (Å²) in [6.45, 7) is 3.58. The second kappa shape index (κ2) is 10.3. The summed E-state index contributed by atoms with van der Waals surface area (Å²) < 4.78 is 18.1. The summed E-state index contributed by atoms with van der Waals surface area (Å²) in [5.41, 5.74) is 1.24. The normalized spacial score (nSPS) is 19.3. The number of carbonyl (C=O) groups is 2. The number of aromatic nitrogens is 2. The van der Waals surface area contributed by atoms with Crippen LogP contribution < -0.4 is 11.2 Å². The summed E-state index contributed by atoms with van der Waals surface area (Å²) >= 11 is 5.88. The van der Waals surface area contributed by atoms with Crippen LogP contribution in [0, 0.1) is 13.8 Å². The van der Waals surface area contributed by atoms with E-state index in [-0.39, 0.29) is 18.1 Å². The Balaban J connectivity index is 1.53. The van der Waals surface area contributed by atoms with E-state index in [4.69, 9.17) is 25.8 Å². The van der Waals surface area contributed by atoms with Gasteiger partial charge in [-0.3, -0.25) is 14.3 Å². The van der Waals surface area contributed by atoms with Gasteiger partial charge in [0.05, 0.1) is 11.1 Å². The van der Waals surface area contributed by atoms with Crippen LogP contribution in [-0.2, 0) is 14.2 Å². The van der Waals surface area contributed by atoms with Crippen molar-refractivity contribution in [1.82, 2.24) is 9.55 Å². The van der Waals surface area contributed by atoms with Crippen molar-refractivity contribution in [3.05, 3.63) is 103 Å². The zero-order valence-corrected chi connectivity index (χ0v) is 19.8.